The van der Waals surface area contributed by atoms with Crippen LogP contribution in [0.1, 0.15) is 23.0 Å². The number of carbonyl (C=O) groups is 2. The molecule has 0 bridgehead atoms. The average Bonchev–Trinajstić information content (AvgIpc) is 3.06. The lowest BCUT2D eigenvalue weighted by Gasteiger charge is -2.13. The normalized spacial score (nSPS) is 11.7. The number of nitrogens with one attached hydrogen (secondary N) is 1. The highest BCUT2D eigenvalue weighted by molar-refractivity contribution is 6.00. The Hall–Kier alpha value is -3.95. The van der Waals surface area contributed by atoms with Crippen molar-refractivity contribution in [3.8, 4) is 5.75 Å². The summed E-state index contributed by atoms with van der Waals surface area (Å²) in [5.41, 5.74) is -0.193. The lowest BCUT2D eigenvalue weighted by molar-refractivity contribution is -0.384. The summed E-state index contributed by atoms with van der Waals surface area (Å²) in [6, 6.07) is 8.15. The van der Waals surface area contributed by atoms with E-state index in [1.165, 1.54) is 38.3 Å². The van der Waals surface area contributed by atoms with E-state index in [4.69, 9.17) is 13.9 Å². The van der Waals surface area contributed by atoms with Crippen LogP contribution in [0.3, 0.4) is 0 Å². The first kappa shape index (κ1) is 20.8. The number of hydrogen-bond donors (Lipinski definition) is 1. The molecule has 0 aliphatic heterocycles. The maximum absolute atomic E-state index is 13.9. The first-order valence-corrected chi connectivity index (χ1v) is 8.74. The summed E-state index contributed by atoms with van der Waals surface area (Å²) in [5.74, 6) is -2.38. The standard InChI is InChI=1S/C20H17FN2O7/c1-10-13-5-4-6-14(21)18(13)30-17(10)20(25)29-11(2)19(24)22-15-8-7-12(28-3)9-16(15)23(26)27/h4-9,11H,1-3H3,(H,22,24)/t11-/m0/s1. The van der Waals surface area contributed by atoms with Crippen molar-refractivity contribution in [2.24, 2.45) is 0 Å². The van der Waals surface area contributed by atoms with Gasteiger partial charge in [0, 0.05) is 10.9 Å². The fraction of sp³-hybridized carbons (Fsp3) is 0.200. The number of carbonyl (C=O) groups excluding carboxylic acids is 2. The molecule has 0 radical (unpaired) electrons. The quantitative estimate of drug-likeness (QED) is 0.366. The Morgan fingerprint density at radius 2 is 2.00 bits per heavy atom. The first-order valence-electron chi connectivity index (χ1n) is 8.74. The van der Waals surface area contributed by atoms with E-state index in [0.29, 0.717) is 10.9 Å². The molecule has 3 rings (SSSR count). The fourth-order valence-corrected chi connectivity index (χ4v) is 2.80. The van der Waals surface area contributed by atoms with Gasteiger partial charge in [-0.25, -0.2) is 9.18 Å². The number of nitro groups is 1. The predicted molar refractivity (Wildman–Crippen MR) is 104 cm³/mol. The fourth-order valence-electron chi connectivity index (χ4n) is 2.80. The van der Waals surface area contributed by atoms with E-state index in [-0.39, 0.29) is 28.5 Å². The van der Waals surface area contributed by atoms with Gasteiger partial charge in [-0.2, -0.15) is 0 Å². The van der Waals surface area contributed by atoms with Gasteiger partial charge in [0.1, 0.15) is 11.4 Å². The lowest BCUT2D eigenvalue weighted by Crippen LogP contribution is -2.30. The number of para-hydroxylation sites is 1. The van der Waals surface area contributed by atoms with Gasteiger partial charge in [0.2, 0.25) is 5.76 Å². The molecule has 1 atom stereocenters. The molecule has 3 aromatic rings. The second kappa shape index (κ2) is 8.19. The third-order valence-electron chi connectivity index (χ3n) is 4.41. The number of ether oxygens (including phenoxy) is 2. The van der Waals surface area contributed by atoms with E-state index >= 15 is 0 Å². The third kappa shape index (κ3) is 3.93. The molecule has 9 nitrogen and oxygen atoms in total. The summed E-state index contributed by atoms with van der Waals surface area (Å²) in [6.45, 7) is 2.86. The zero-order valence-electron chi connectivity index (χ0n) is 16.2. The van der Waals surface area contributed by atoms with Crippen molar-refractivity contribution in [2.75, 3.05) is 12.4 Å². The molecule has 0 aliphatic carbocycles. The van der Waals surface area contributed by atoms with Crippen molar-refractivity contribution in [2.45, 2.75) is 20.0 Å². The number of hydrogen-bond acceptors (Lipinski definition) is 7. The number of esters is 1. The minimum absolute atomic E-state index is 0.0873. The molecule has 0 fully saturated rings. The number of methoxy groups -OCH3 is 1. The third-order valence-corrected chi connectivity index (χ3v) is 4.41. The predicted octanol–water partition coefficient (Wildman–Crippen LogP) is 3.98. The Balaban J connectivity index is 1.77. The number of nitrogens with zero attached hydrogens (tertiary/aromatic N) is 1. The molecule has 156 valence electrons. The van der Waals surface area contributed by atoms with Crippen molar-refractivity contribution >= 4 is 34.2 Å². The average molecular weight is 416 g/mol. The van der Waals surface area contributed by atoms with Crippen LogP contribution in [0, 0.1) is 22.9 Å². The number of furan rings is 1. The number of benzene rings is 2. The Morgan fingerprint density at radius 1 is 1.27 bits per heavy atom. The zero-order valence-corrected chi connectivity index (χ0v) is 16.2. The second-order valence-corrected chi connectivity index (χ2v) is 6.35. The highest BCUT2D eigenvalue weighted by Crippen LogP contribution is 2.30. The Kier molecular flexibility index (Phi) is 5.67. The smallest absolute Gasteiger partial charge is 0.375 e. The summed E-state index contributed by atoms with van der Waals surface area (Å²) in [4.78, 5) is 35.4. The summed E-state index contributed by atoms with van der Waals surface area (Å²) < 4.78 is 29.2. The van der Waals surface area contributed by atoms with Crippen molar-refractivity contribution < 1.29 is 32.8 Å². The highest BCUT2D eigenvalue weighted by atomic mass is 19.1. The van der Waals surface area contributed by atoms with Gasteiger partial charge in [-0.3, -0.25) is 14.9 Å². The van der Waals surface area contributed by atoms with Gasteiger partial charge < -0.3 is 19.2 Å². The molecular formula is C20H17FN2O7. The first-order chi connectivity index (χ1) is 14.2. The van der Waals surface area contributed by atoms with Crippen LogP contribution in [0.2, 0.25) is 0 Å². The highest BCUT2D eigenvalue weighted by Gasteiger charge is 2.26. The zero-order chi connectivity index (χ0) is 22.0. The van der Waals surface area contributed by atoms with Crippen LogP contribution >= 0.6 is 0 Å². The molecule has 0 unspecified atom stereocenters. The maximum Gasteiger partial charge on any atom is 0.375 e. The van der Waals surface area contributed by atoms with Gasteiger partial charge in [-0.05, 0) is 32.0 Å². The molecule has 1 amide bonds. The number of amides is 1. The van der Waals surface area contributed by atoms with Crippen LogP contribution < -0.4 is 10.1 Å². The molecule has 0 aliphatic rings. The summed E-state index contributed by atoms with van der Waals surface area (Å²) in [6.07, 6.45) is -1.31. The van der Waals surface area contributed by atoms with Crippen molar-refractivity contribution in [1.29, 1.82) is 0 Å². The lowest BCUT2D eigenvalue weighted by atomic mass is 10.1. The molecule has 0 saturated heterocycles. The largest absolute Gasteiger partial charge is 0.496 e. The van der Waals surface area contributed by atoms with Gasteiger partial charge in [-0.15, -0.1) is 0 Å². The van der Waals surface area contributed by atoms with E-state index in [2.05, 4.69) is 5.32 Å². The second-order valence-electron chi connectivity index (χ2n) is 6.35. The molecule has 30 heavy (non-hydrogen) atoms. The molecule has 1 heterocycles. The van der Waals surface area contributed by atoms with E-state index < -0.39 is 28.7 Å². The van der Waals surface area contributed by atoms with Crippen LogP contribution in [-0.4, -0.2) is 30.0 Å². The van der Waals surface area contributed by atoms with Crippen molar-refractivity contribution in [1.82, 2.24) is 0 Å². The van der Waals surface area contributed by atoms with Gasteiger partial charge in [0.05, 0.1) is 18.1 Å². The monoisotopic (exact) mass is 416 g/mol. The van der Waals surface area contributed by atoms with Crippen LogP contribution in [0.4, 0.5) is 15.8 Å². The van der Waals surface area contributed by atoms with E-state index in [1.54, 1.807) is 13.0 Å². The summed E-state index contributed by atoms with van der Waals surface area (Å²) in [5, 5.41) is 14.0. The van der Waals surface area contributed by atoms with Crippen molar-refractivity contribution in [3.05, 3.63) is 63.7 Å². The number of rotatable bonds is 6. The van der Waals surface area contributed by atoms with Crippen molar-refractivity contribution in [3.63, 3.8) is 0 Å². The molecule has 1 N–H and O–H groups in total. The number of aryl methyl sites for hydroxylation is 1. The minimum Gasteiger partial charge on any atom is -0.496 e. The Morgan fingerprint density at radius 3 is 2.63 bits per heavy atom. The Labute approximate surface area is 169 Å². The Bertz CT molecular complexity index is 1160. The minimum atomic E-state index is -1.31. The molecule has 0 spiro atoms. The van der Waals surface area contributed by atoms with Crippen LogP contribution in [0.15, 0.2) is 40.8 Å². The number of halogens is 1. The topological polar surface area (TPSA) is 121 Å². The molecule has 1 aromatic heterocycles. The van der Waals surface area contributed by atoms with Crippen LogP contribution in [0.5, 0.6) is 5.75 Å². The van der Waals surface area contributed by atoms with Gasteiger partial charge in [0.15, 0.2) is 17.5 Å². The number of fused-ring (bicyclic) bond motifs is 1. The molecule has 10 heteroatoms. The molecule has 0 saturated carbocycles. The van der Waals surface area contributed by atoms with Gasteiger partial charge in [0.25, 0.3) is 11.6 Å². The van der Waals surface area contributed by atoms with Crippen LogP contribution in [-0.2, 0) is 9.53 Å². The van der Waals surface area contributed by atoms with E-state index in [1.807, 2.05) is 0 Å². The SMILES string of the molecule is COc1ccc(NC(=O)[C@H](C)OC(=O)c2oc3c(F)cccc3c2C)c([N+](=O)[O-])c1. The molecular weight excluding hydrogens is 399 g/mol. The van der Waals surface area contributed by atoms with E-state index in [0.717, 1.165) is 6.07 Å². The van der Waals surface area contributed by atoms with Gasteiger partial charge in [-0.1, -0.05) is 12.1 Å². The summed E-state index contributed by atoms with van der Waals surface area (Å²) >= 11 is 0. The number of nitro benzene ring substituents is 1. The molecule has 2 aromatic carbocycles. The number of anilines is 1. The summed E-state index contributed by atoms with van der Waals surface area (Å²) in [7, 11) is 1.35. The maximum atomic E-state index is 13.9. The van der Waals surface area contributed by atoms with Crippen LogP contribution in [0.25, 0.3) is 11.0 Å². The van der Waals surface area contributed by atoms with Gasteiger partial charge >= 0.3 is 5.97 Å². The van der Waals surface area contributed by atoms with E-state index in [9.17, 15) is 24.1 Å².